The van der Waals surface area contributed by atoms with Gasteiger partial charge in [-0.25, -0.2) is 0 Å². The summed E-state index contributed by atoms with van der Waals surface area (Å²) < 4.78 is 0. The van der Waals surface area contributed by atoms with Gasteiger partial charge in [-0.05, 0) is 50.0 Å². The summed E-state index contributed by atoms with van der Waals surface area (Å²) in [5.74, 6) is 1.13. The lowest BCUT2D eigenvalue weighted by atomic mass is 9.46. The van der Waals surface area contributed by atoms with Gasteiger partial charge in [0.05, 0.1) is 0 Å². The quantitative estimate of drug-likeness (QED) is 0.614. The molecule has 0 aliphatic heterocycles. The minimum atomic E-state index is -0.0538. The third-order valence-corrected chi connectivity index (χ3v) is 6.56. The number of carbonyl (C=O) groups excluding carboxylic acids is 1. The topological polar surface area (TPSA) is 17.1 Å². The first-order valence-corrected chi connectivity index (χ1v) is 7.12. The van der Waals surface area contributed by atoms with Gasteiger partial charge in [0.1, 0.15) is 0 Å². The molecule has 3 aliphatic carbocycles. The van der Waals surface area contributed by atoms with Crippen LogP contribution in [-0.4, -0.2) is 5.78 Å². The van der Waals surface area contributed by atoms with Crippen LogP contribution in [0.2, 0.25) is 0 Å². The smallest absolute Gasteiger partial charge is 0.163 e. The van der Waals surface area contributed by atoms with Gasteiger partial charge in [0.15, 0.2) is 5.78 Å². The summed E-state index contributed by atoms with van der Waals surface area (Å²) in [5.41, 5.74) is 1.73. The predicted octanol–water partition coefficient (Wildman–Crippen LogP) is 4.13. The molecule has 3 atom stereocenters. The van der Waals surface area contributed by atoms with E-state index in [1.165, 1.54) is 31.3 Å². The van der Waals surface area contributed by atoms with Crippen LogP contribution in [0.25, 0.3) is 0 Å². The van der Waals surface area contributed by atoms with Crippen molar-refractivity contribution in [2.75, 3.05) is 0 Å². The Kier molecular flexibility index (Phi) is 2.06. The van der Waals surface area contributed by atoms with Gasteiger partial charge in [-0.2, -0.15) is 0 Å². The van der Waals surface area contributed by atoms with Crippen LogP contribution in [-0.2, 0) is 4.79 Å². The molecule has 3 aliphatic rings. The molecule has 0 aromatic carbocycles. The average Bonchev–Trinajstić information content (AvgIpc) is 2.66. The minimum absolute atomic E-state index is 0.0538. The van der Waals surface area contributed by atoms with Crippen molar-refractivity contribution in [1.29, 1.82) is 0 Å². The first-order valence-electron chi connectivity index (χ1n) is 7.12. The molecule has 0 aromatic rings. The van der Waals surface area contributed by atoms with E-state index in [-0.39, 0.29) is 16.2 Å². The standard InChI is InChI=1S/C16H24O/c1-11-6-9-16-13(17)10-12(2)15(11,16)8-5-7-14(16,3)4/h10-11H,5-9H2,1-4H3/t11-,15?,16?/m0/s1. The zero-order chi connectivity index (χ0) is 12.5. The van der Waals surface area contributed by atoms with Gasteiger partial charge in [-0.1, -0.05) is 32.8 Å². The Balaban J connectivity index is 2.26. The number of ketones is 1. The van der Waals surface area contributed by atoms with Crippen molar-refractivity contribution in [3.05, 3.63) is 11.6 Å². The summed E-state index contributed by atoms with van der Waals surface area (Å²) in [6, 6.07) is 0. The lowest BCUT2D eigenvalue weighted by Crippen LogP contribution is -2.54. The number of hydrogen-bond acceptors (Lipinski definition) is 1. The van der Waals surface area contributed by atoms with E-state index in [0.29, 0.717) is 11.7 Å². The molecule has 0 heterocycles. The van der Waals surface area contributed by atoms with Gasteiger partial charge in [-0.15, -0.1) is 0 Å². The van der Waals surface area contributed by atoms with Crippen molar-refractivity contribution in [1.82, 2.24) is 0 Å². The van der Waals surface area contributed by atoms with Crippen molar-refractivity contribution < 1.29 is 4.79 Å². The number of rotatable bonds is 0. The van der Waals surface area contributed by atoms with Crippen LogP contribution in [0.3, 0.4) is 0 Å². The van der Waals surface area contributed by atoms with Gasteiger partial charge in [0, 0.05) is 10.8 Å². The summed E-state index contributed by atoms with van der Waals surface area (Å²) in [4.78, 5) is 12.7. The predicted molar refractivity (Wildman–Crippen MR) is 69.7 cm³/mol. The molecule has 0 radical (unpaired) electrons. The van der Waals surface area contributed by atoms with E-state index in [9.17, 15) is 4.79 Å². The summed E-state index contributed by atoms with van der Waals surface area (Å²) in [7, 11) is 0. The highest BCUT2D eigenvalue weighted by Crippen LogP contribution is 2.74. The van der Waals surface area contributed by atoms with Crippen LogP contribution in [0.15, 0.2) is 11.6 Å². The fourth-order valence-electron chi connectivity index (χ4n) is 5.80. The minimum Gasteiger partial charge on any atom is -0.294 e. The van der Waals surface area contributed by atoms with Gasteiger partial charge < -0.3 is 0 Å². The fourth-order valence-corrected chi connectivity index (χ4v) is 5.80. The molecule has 2 saturated carbocycles. The molecular formula is C16H24O. The molecular weight excluding hydrogens is 208 g/mol. The average molecular weight is 232 g/mol. The van der Waals surface area contributed by atoms with Gasteiger partial charge in [-0.3, -0.25) is 4.79 Å². The Morgan fingerprint density at radius 2 is 1.94 bits per heavy atom. The maximum atomic E-state index is 12.7. The lowest BCUT2D eigenvalue weighted by Gasteiger charge is -2.56. The largest absolute Gasteiger partial charge is 0.294 e. The molecule has 17 heavy (non-hydrogen) atoms. The molecule has 0 amide bonds. The van der Waals surface area contributed by atoms with Gasteiger partial charge in [0.2, 0.25) is 0 Å². The zero-order valence-corrected chi connectivity index (χ0v) is 11.6. The van der Waals surface area contributed by atoms with Crippen LogP contribution in [0, 0.1) is 22.2 Å². The molecule has 0 saturated heterocycles. The highest BCUT2D eigenvalue weighted by molar-refractivity contribution is 6.01. The molecule has 94 valence electrons. The summed E-state index contributed by atoms with van der Waals surface area (Å²) in [6.45, 7) is 9.26. The Labute approximate surface area is 105 Å². The van der Waals surface area contributed by atoms with E-state index in [4.69, 9.17) is 0 Å². The summed E-state index contributed by atoms with van der Waals surface area (Å²) >= 11 is 0. The van der Waals surface area contributed by atoms with Gasteiger partial charge in [0.25, 0.3) is 0 Å². The van der Waals surface area contributed by atoms with E-state index in [1.54, 1.807) is 0 Å². The fraction of sp³-hybridized carbons (Fsp3) is 0.812. The summed E-state index contributed by atoms with van der Waals surface area (Å²) in [6.07, 6.45) is 8.09. The normalized spacial score (nSPS) is 47.6. The van der Waals surface area contributed by atoms with Gasteiger partial charge >= 0.3 is 0 Å². The molecule has 2 fully saturated rings. The number of hydrogen-bond donors (Lipinski definition) is 0. The highest BCUT2D eigenvalue weighted by atomic mass is 16.1. The molecule has 2 unspecified atom stereocenters. The van der Waals surface area contributed by atoms with Crippen molar-refractivity contribution in [3.63, 3.8) is 0 Å². The Bertz CT molecular complexity index is 417. The molecule has 0 N–H and O–H groups in total. The monoisotopic (exact) mass is 232 g/mol. The van der Waals surface area contributed by atoms with Crippen molar-refractivity contribution in [2.45, 2.75) is 59.8 Å². The Morgan fingerprint density at radius 3 is 2.59 bits per heavy atom. The second-order valence-corrected chi connectivity index (χ2v) is 7.25. The van der Waals surface area contributed by atoms with Crippen molar-refractivity contribution in [3.8, 4) is 0 Å². The van der Waals surface area contributed by atoms with E-state index < -0.39 is 0 Å². The van der Waals surface area contributed by atoms with Crippen LogP contribution >= 0.6 is 0 Å². The van der Waals surface area contributed by atoms with Crippen LogP contribution in [0.4, 0.5) is 0 Å². The third-order valence-electron chi connectivity index (χ3n) is 6.56. The van der Waals surface area contributed by atoms with Crippen LogP contribution < -0.4 is 0 Å². The molecule has 0 bridgehead atoms. The molecule has 0 spiro atoms. The third kappa shape index (κ3) is 0.971. The highest BCUT2D eigenvalue weighted by Gasteiger charge is 2.71. The Hall–Kier alpha value is -0.590. The van der Waals surface area contributed by atoms with E-state index in [2.05, 4.69) is 27.7 Å². The van der Waals surface area contributed by atoms with Crippen molar-refractivity contribution >= 4 is 5.78 Å². The maximum absolute atomic E-state index is 12.7. The molecule has 0 aromatic heterocycles. The number of allylic oxidation sites excluding steroid dienone is 2. The van der Waals surface area contributed by atoms with E-state index in [1.807, 2.05) is 6.08 Å². The van der Waals surface area contributed by atoms with E-state index >= 15 is 0 Å². The zero-order valence-electron chi connectivity index (χ0n) is 11.6. The van der Waals surface area contributed by atoms with Crippen molar-refractivity contribution in [2.24, 2.45) is 22.2 Å². The van der Waals surface area contributed by atoms with Crippen LogP contribution in [0.5, 0.6) is 0 Å². The lowest BCUT2D eigenvalue weighted by molar-refractivity contribution is -0.144. The van der Waals surface area contributed by atoms with Crippen LogP contribution in [0.1, 0.15) is 59.8 Å². The number of carbonyl (C=O) groups is 1. The first-order chi connectivity index (χ1) is 7.88. The second kappa shape index (κ2) is 3.05. The SMILES string of the molecule is CC1=CC(=O)C23CC[C@H](C)C12CCCC3(C)C. The second-order valence-electron chi connectivity index (χ2n) is 7.25. The molecule has 1 heteroatoms. The van der Waals surface area contributed by atoms with E-state index in [0.717, 1.165) is 6.42 Å². The first kappa shape index (κ1) is 11.5. The molecule has 1 nitrogen and oxygen atoms in total. The Morgan fingerprint density at radius 1 is 1.24 bits per heavy atom. The maximum Gasteiger partial charge on any atom is 0.163 e. The summed E-state index contributed by atoms with van der Waals surface area (Å²) in [5, 5.41) is 0. The molecule has 3 rings (SSSR count).